The molecule has 0 aliphatic heterocycles. The fraction of sp³-hybridized carbons (Fsp3) is 0.231. The normalized spacial score (nSPS) is 11.6. The van der Waals surface area contributed by atoms with Gasteiger partial charge in [0.1, 0.15) is 6.07 Å². The van der Waals surface area contributed by atoms with Crippen molar-refractivity contribution in [3.05, 3.63) is 34.5 Å². The number of aromatic nitrogens is 1. The predicted molar refractivity (Wildman–Crippen MR) is 64.1 cm³/mol. The van der Waals surface area contributed by atoms with E-state index in [-0.39, 0.29) is 5.69 Å². The molecule has 98 valence electrons. The Balaban J connectivity index is 2.99. The molecule has 2 aromatic rings. The molecule has 0 aliphatic carbocycles. The molecule has 6 heteroatoms. The minimum Gasteiger partial charge on any atom is -0.397 e. The number of pyridine rings is 1. The number of nitrogens with two attached hydrogens (primary N) is 1. The zero-order valence-corrected chi connectivity index (χ0v) is 10.3. The molecule has 0 atom stereocenters. The number of halogens is 3. The van der Waals surface area contributed by atoms with Gasteiger partial charge in [-0.05, 0) is 31.5 Å². The summed E-state index contributed by atoms with van der Waals surface area (Å²) in [5.74, 6) is 0. The third-order valence-electron chi connectivity index (χ3n) is 2.93. The third kappa shape index (κ3) is 2.08. The third-order valence-corrected chi connectivity index (χ3v) is 2.93. The lowest BCUT2D eigenvalue weighted by Crippen LogP contribution is -2.25. The highest BCUT2D eigenvalue weighted by Gasteiger charge is 2.43. The number of rotatable bonds is 0. The van der Waals surface area contributed by atoms with Gasteiger partial charge in [-0.25, -0.2) is 0 Å². The van der Waals surface area contributed by atoms with Gasteiger partial charge in [0.05, 0.1) is 11.1 Å². The quantitative estimate of drug-likeness (QED) is 0.796. The van der Waals surface area contributed by atoms with Gasteiger partial charge < -0.3 is 5.73 Å². The molecule has 0 spiro atoms. The number of nitrogen functional groups attached to an aromatic ring is 1. The van der Waals surface area contributed by atoms with Crippen molar-refractivity contribution in [1.29, 1.82) is 5.26 Å². The van der Waals surface area contributed by atoms with Crippen LogP contribution < -0.4 is 10.7 Å². The van der Waals surface area contributed by atoms with Gasteiger partial charge in [0, 0.05) is 5.56 Å². The van der Waals surface area contributed by atoms with Crippen molar-refractivity contribution in [2.45, 2.75) is 20.0 Å². The van der Waals surface area contributed by atoms with E-state index < -0.39 is 17.4 Å². The molecule has 1 heterocycles. The van der Waals surface area contributed by atoms with E-state index in [2.05, 4.69) is 4.98 Å². The van der Waals surface area contributed by atoms with Crippen LogP contribution in [0.15, 0.2) is 12.1 Å². The van der Waals surface area contributed by atoms with Crippen LogP contribution in [0, 0.1) is 25.2 Å². The highest BCUT2D eigenvalue weighted by atomic mass is 19.4. The maximum Gasteiger partial charge on any atom is 0.478 e. The molecular formula is C13H11F3N3+. The predicted octanol–water partition coefficient (Wildman–Crippen LogP) is 2.74. The fourth-order valence-corrected chi connectivity index (χ4v) is 2.13. The van der Waals surface area contributed by atoms with E-state index in [1.165, 1.54) is 6.07 Å². The summed E-state index contributed by atoms with van der Waals surface area (Å²) in [5.41, 5.74) is 5.73. The number of anilines is 1. The number of fused-ring (bicyclic) bond motifs is 1. The first-order valence-electron chi connectivity index (χ1n) is 5.48. The Bertz CT molecular complexity index is 712. The van der Waals surface area contributed by atoms with Crippen LogP contribution in [0.25, 0.3) is 10.9 Å². The van der Waals surface area contributed by atoms with Crippen molar-refractivity contribution >= 4 is 16.6 Å². The van der Waals surface area contributed by atoms with E-state index in [0.717, 1.165) is 5.56 Å². The molecule has 0 saturated carbocycles. The smallest absolute Gasteiger partial charge is 0.397 e. The van der Waals surface area contributed by atoms with Crippen molar-refractivity contribution in [1.82, 2.24) is 0 Å². The van der Waals surface area contributed by atoms with Crippen LogP contribution in [-0.4, -0.2) is 0 Å². The van der Waals surface area contributed by atoms with Crippen LogP contribution in [0.3, 0.4) is 0 Å². The molecule has 1 aromatic heterocycles. The summed E-state index contributed by atoms with van der Waals surface area (Å²) in [6.45, 7) is 3.51. The Kier molecular flexibility index (Phi) is 2.85. The zero-order chi connectivity index (χ0) is 14.4. The monoisotopic (exact) mass is 266 g/mol. The van der Waals surface area contributed by atoms with E-state index in [4.69, 9.17) is 11.0 Å². The van der Waals surface area contributed by atoms with E-state index >= 15 is 0 Å². The molecule has 0 aliphatic rings. The van der Waals surface area contributed by atoms with E-state index in [1.807, 2.05) is 6.92 Å². The Hall–Kier alpha value is -2.29. The standard InChI is InChI=1S/C13H10F3N3/c1-6-3-7(2)11-8(4-6)10(18)9(5-17)12(19-11)13(14,15)16/h3-4H,1-2H3,(H2,18,19)/p+1. The van der Waals surface area contributed by atoms with Gasteiger partial charge >= 0.3 is 11.9 Å². The Labute approximate surface area is 107 Å². The number of nitrogens with zero attached hydrogens (tertiary/aromatic N) is 1. The molecule has 0 unspecified atom stereocenters. The maximum atomic E-state index is 12.9. The van der Waals surface area contributed by atoms with Gasteiger partial charge in [0.25, 0.3) is 0 Å². The number of nitrogens with one attached hydrogen (secondary N) is 1. The second kappa shape index (κ2) is 4.12. The SMILES string of the molecule is Cc1cc(C)c2[nH+]c(C(F)(F)F)c(C#N)c(N)c2c1. The highest BCUT2D eigenvalue weighted by Crippen LogP contribution is 2.34. The number of aryl methyl sites for hydroxylation is 2. The van der Waals surface area contributed by atoms with E-state index in [1.54, 1.807) is 19.1 Å². The topological polar surface area (TPSA) is 64.0 Å². The van der Waals surface area contributed by atoms with Crippen LogP contribution >= 0.6 is 0 Å². The van der Waals surface area contributed by atoms with Crippen molar-refractivity contribution < 1.29 is 18.2 Å². The summed E-state index contributed by atoms with van der Waals surface area (Å²) in [6, 6.07) is 4.94. The highest BCUT2D eigenvalue weighted by molar-refractivity contribution is 5.93. The van der Waals surface area contributed by atoms with Crippen LogP contribution in [0.2, 0.25) is 0 Å². The summed E-state index contributed by atoms with van der Waals surface area (Å²) in [7, 11) is 0. The zero-order valence-electron chi connectivity index (χ0n) is 10.3. The number of H-pyrrole nitrogens is 1. The van der Waals surface area contributed by atoms with Crippen LogP contribution in [-0.2, 0) is 6.18 Å². The summed E-state index contributed by atoms with van der Waals surface area (Å²) >= 11 is 0. The lowest BCUT2D eigenvalue weighted by Gasteiger charge is -2.08. The summed E-state index contributed by atoms with van der Waals surface area (Å²) < 4.78 is 38.7. The minimum atomic E-state index is -4.65. The maximum absolute atomic E-state index is 12.9. The van der Waals surface area contributed by atoms with Gasteiger partial charge in [0.15, 0.2) is 5.56 Å². The lowest BCUT2D eigenvalue weighted by molar-refractivity contribution is -0.399. The number of alkyl halides is 3. The Morgan fingerprint density at radius 3 is 2.42 bits per heavy atom. The lowest BCUT2D eigenvalue weighted by atomic mass is 10.0. The van der Waals surface area contributed by atoms with E-state index in [9.17, 15) is 13.2 Å². The van der Waals surface area contributed by atoms with Crippen molar-refractivity contribution in [3.8, 4) is 6.07 Å². The van der Waals surface area contributed by atoms with Gasteiger partial charge in [-0.2, -0.15) is 23.4 Å². The second-order valence-corrected chi connectivity index (χ2v) is 4.40. The summed E-state index contributed by atoms with van der Waals surface area (Å²) in [4.78, 5) is 2.30. The van der Waals surface area contributed by atoms with Crippen molar-refractivity contribution in [3.63, 3.8) is 0 Å². The number of benzene rings is 1. The Morgan fingerprint density at radius 2 is 1.89 bits per heavy atom. The number of hydrogen-bond acceptors (Lipinski definition) is 2. The minimum absolute atomic E-state index is 0.143. The van der Waals surface area contributed by atoms with Crippen molar-refractivity contribution in [2.75, 3.05) is 5.73 Å². The molecule has 3 N–H and O–H groups in total. The number of hydrogen-bond donors (Lipinski definition) is 1. The molecule has 1 aromatic carbocycles. The molecule has 0 bridgehead atoms. The molecule has 19 heavy (non-hydrogen) atoms. The van der Waals surface area contributed by atoms with Gasteiger partial charge in [-0.3, -0.25) is 0 Å². The molecule has 0 amide bonds. The largest absolute Gasteiger partial charge is 0.478 e. The molecule has 0 fully saturated rings. The molecular weight excluding hydrogens is 255 g/mol. The first-order valence-corrected chi connectivity index (χ1v) is 5.48. The van der Waals surface area contributed by atoms with Gasteiger partial charge in [0.2, 0.25) is 5.52 Å². The van der Waals surface area contributed by atoms with Gasteiger partial charge in [-0.1, -0.05) is 0 Å². The number of nitriles is 1. The average Bonchev–Trinajstić information content (AvgIpc) is 2.28. The van der Waals surface area contributed by atoms with Crippen molar-refractivity contribution in [2.24, 2.45) is 0 Å². The summed E-state index contributed by atoms with van der Waals surface area (Å²) in [5, 5.41) is 9.34. The van der Waals surface area contributed by atoms with E-state index in [0.29, 0.717) is 16.5 Å². The van der Waals surface area contributed by atoms with Crippen LogP contribution in [0.4, 0.5) is 18.9 Å². The fourth-order valence-electron chi connectivity index (χ4n) is 2.13. The summed E-state index contributed by atoms with van der Waals surface area (Å²) in [6.07, 6.45) is -4.65. The molecule has 0 radical (unpaired) electrons. The second-order valence-electron chi connectivity index (χ2n) is 4.40. The average molecular weight is 266 g/mol. The van der Waals surface area contributed by atoms with Crippen LogP contribution in [0.5, 0.6) is 0 Å². The molecule has 0 saturated heterocycles. The number of aromatic amines is 1. The Morgan fingerprint density at radius 1 is 1.26 bits per heavy atom. The molecule has 3 nitrogen and oxygen atoms in total. The van der Waals surface area contributed by atoms with Gasteiger partial charge in [-0.15, -0.1) is 0 Å². The first kappa shape index (κ1) is 13.1. The molecule has 2 rings (SSSR count). The van der Waals surface area contributed by atoms with Crippen LogP contribution in [0.1, 0.15) is 22.4 Å². The first-order chi connectivity index (χ1) is 8.75.